The van der Waals surface area contributed by atoms with E-state index >= 15 is 0 Å². The number of pyridine rings is 1. The van der Waals surface area contributed by atoms with Crippen LogP contribution in [0.5, 0.6) is 0 Å². The third-order valence-electron chi connectivity index (χ3n) is 3.75. The second kappa shape index (κ2) is 8.16. The summed E-state index contributed by atoms with van der Waals surface area (Å²) in [5.41, 5.74) is 1.71. The van der Waals surface area contributed by atoms with Crippen LogP contribution in [0.25, 0.3) is 5.69 Å². The predicted molar refractivity (Wildman–Crippen MR) is 92.2 cm³/mol. The molecule has 1 amide bonds. The summed E-state index contributed by atoms with van der Waals surface area (Å²) in [7, 11) is 0. The lowest BCUT2D eigenvalue weighted by molar-refractivity contribution is 0.0929. The van der Waals surface area contributed by atoms with E-state index in [1.807, 2.05) is 48.5 Å². The van der Waals surface area contributed by atoms with Crippen molar-refractivity contribution in [3.05, 3.63) is 72.6 Å². The number of carbonyl (C=O) groups is 1. The zero-order valence-corrected chi connectivity index (χ0v) is 13.6. The van der Waals surface area contributed by atoms with Crippen LogP contribution in [0.15, 0.2) is 61.1 Å². The second-order valence-electron chi connectivity index (χ2n) is 5.63. The van der Waals surface area contributed by atoms with Crippen LogP contribution in [0.1, 0.15) is 16.3 Å². The van der Waals surface area contributed by atoms with Gasteiger partial charge in [0.05, 0.1) is 5.69 Å². The van der Waals surface area contributed by atoms with Crippen molar-refractivity contribution in [2.75, 3.05) is 13.2 Å². The highest BCUT2D eigenvalue weighted by atomic mass is 16.3. The molecule has 128 valence electrons. The van der Waals surface area contributed by atoms with Crippen molar-refractivity contribution in [1.82, 2.24) is 25.1 Å². The van der Waals surface area contributed by atoms with Gasteiger partial charge in [-0.3, -0.25) is 9.78 Å². The predicted octanol–water partition coefficient (Wildman–Crippen LogP) is 1.24. The number of nitrogens with one attached hydrogen (secondary N) is 1. The highest BCUT2D eigenvalue weighted by molar-refractivity contribution is 5.90. The standard InChI is InChI=1S/C18H19N5O2/c24-12-14(10-15-6-4-5-9-19-15)11-20-18(25)17-21-13-23(22-17)16-7-2-1-3-8-16/h1-9,13-14,24H,10-12H2,(H,20,25). The van der Waals surface area contributed by atoms with Crippen LogP contribution in [0.4, 0.5) is 0 Å². The molecule has 0 fully saturated rings. The molecule has 0 aliphatic rings. The summed E-state index contributed by atoms with van der Waals surface area (Å²) in [5, 5.41) is 16.5. The second-order valence-corrected chi connectivity index (χ2v) is 5.63. The fraction of sp³-hybridized carbons (Fsp3) is 0.222. The minimum Gasteiger partial charge on any atom is -0.396 e. The number of nitrogens with zero attached hydrogens (tertiary/aromatic N) is 4. The highest BCUT2D eigenvalue weighted by Gasteiger charge is 2.15. The Hall–Kier alpha value is -3.06. The summed E-state index contributed by atoms with van der Waals surface area (Å²) < 4.78 is 1.55. The molecule has 0 aliphatic carbocycles. The van der Waals surface area contributed by atoms with E-state index in [2.05, 4.69) is 20.4 Å². The van der Waals surface area contributed by atoms with Gasteiger partial charge in [-0.25, -0.2) is 9.67 Å². The molecular weight excluding hydrogens is 318 g/mol. The monoisotopic (exact) mass is 337 g/mol. The highest BCUT2D eigenvalue weighted by Crippen LogP contribution is 2.06. The smallest absolute Gasteiger partial charge is 0.290 e. The van der Waals surface area contributed by atoms with E-state index in [1.54, 1.807) is 10.9 Å². The Morgan fingerprint density at radius 3 is 2.64 bits per heavy atom. The van der Waals surface area contributed by atoms with Crippen molar-refractivity contribution < 1.29 is 9.90 Å². The Morgan fingerprint density at radius 2 is 1.92 bits per heavy atom. The molecule has 3 rings (SSSR count). The normalized spacial score (nSPS) is 11.9. The van der Waals surface area contributed by atoms with Crippen LogP contribution in [0, 0.1) is 5.92 Å². The van der Waals surface area contributed by atoms with Gasteiger partial charge in [-0.1, -0.05) is 24.3 Å². The molecule has 7 nitrogen and oxygen atoms in total. The number of hydrogen-bond acceptors (Lipinski definition) is 5. The number of amides is 1. The van der Waals surface area contributed by atoms with E-state index in [0.29, 0.717) is 13.0 Å². The molecule has 0 saturated carbocycles. The summed E-state index contributed by atoms with van der Waals surface area (Å²) in [6.45, 7) is 0.286. The lowest BCUT2D eigenvalue weighted by Gasteiger charge is -2.13. The largest absolute Gasteiger partial charge is 0.396 e. The van der Waals surface area contributed by atoms with Crippen molar-refractivity contribution in [2.24, 2.45) is 5.92 Å². The quantitative estimate of drug-likeness (QED) is 0.677. The minimum atomic E-state index is -0.367. The number of aliphatic hydroxyl groups excluding tert-OH is 1. The first-order valence-corrected chi connectivity index (χ1v) is 8.02. The van der Waals surface area contributed by atoms with Crippen LogP contribution < -0.4 is 5.32 Å². The molecule has 1 atom stereocenters. The summed E-state index contributed by atoms with van der Waals surface area (Å²) in [6.07, 6.45) is 3.80. The van der Waals surface area contributed by atoms with Crippen molar-refractivity contribution in [2.45, 2.75) is 6.42 Å². The van der Waals surface area contributed by atoms with Crippen molar-refractivity contribution >= 4 is 5.91 Å². The first kappa shape index (κ1) is 16.8. The van der Waals surface area contributed by atoms with E-state index in [-0.39, 0.29) is 24.3 Å². The molecule has 2 heterocycles. The van der Waals surface area contributed by atoms with Gasteiger partial charge in [-0.2, -0.15) is 0 Å². The lowest BCUT2D eigenvalue weighted by atomic mass is 10.0. The SMILES string of the molecule is O=C(NCC(CO)Cc1ccccn1)c1ncn(-c2ccccc2)n1. The summed E-state index contributed by atoms with van der Waals surface area (Å²) in [4.78, 5) is 20.5. The van der Waals surface area contributed by atoms with Gasteiger partial charge in [0.1, 0.15) is 6.33 Å². The third-order valence-corrected chi connectivity index (χ3v) is 3.75. The summed E-state index contributed by atoms with van der Waals surface area (Å²) in [5.74, 6) is -0.386. The van der Waals surface area contributed by atoms with Crippen molar-refractivity contribution in [3.63, 3.8) is 0 Å². The maximum absolute atomic E-state index is 12.2. The van der Waals surface area contributed by atoms with Crippen molar-refractivity contribution in [1.29, 1.82) is 0 Å². The molecule has 25 heavy (non-hydrogen) atoms. The van der Waals surface area contributed by atoms with Gasteiger partial charge in [0, 0.05) is 31.0 Å². The molecular formula is C18H19N5O2. The van der Waals surface area contributed by atoms with Gasteiger partial charge in [-0.05, 0) is 30.7 Å². The average Bonchev–Trinajstić information content (AvgIpc) is 3.17. The van der Waals surface area contributed by atoms with Gasteiger partial charge in [0.2, 0.25) is 5.82 Å². The molecule has 1 aromatic carbocycles. The van der Waals surface area contributed by atoms with Crippen LogP contribution in [-0.2, 0) is 6.42 Å². The number of carbonyl (C=O) groups excluding carboxylic acids is 1. The number of para-hydroxylation sites is 1. The zero-order chi connectivity index (χ0) is 17.5. The Morgan fingerprint density at radius 1 is 1.12 bits per heavy atom. The molecule has 2 N–H and O–H groups in total. The first-order chi connectivity index (χ1) is 12.3. The molecule has 0 bridgehead atoms. The van der Waals surface area contributed by atoms with Gasteiger partial charge < -0.3 is 10.4 Å². The molecule has 2 aromatic heterocycles. The Labute approximate surface area is 145 Å². The Balaban J connectivity index is 1.57. The zero-order valence-electron chi connectivity index (χ0n) is 13.6. The van der Waals surface area contributed by atoms with Gasteiger partial charge in [-0.15, -0.1) is 5.10 Å². The number of rotatable bonds is 7. The third kappa shape index (κ3) is 4.48. The van der Waals surface area contributed by atoms with Crippen LogP contribution in [0.2, 0.25) is 0 Å². The van der Waals surface area contributed by atoms with E-state index in [4.69, 9.17) is 0 Å². The average molecular weight is 337 g/mol. The number of benzene rings is 1. The molecule has 0 radical (unpaired) electrons. The summed E-state index contributed by atoms with van der Waals surface area (Å²) in [6, 6.07) is 15.1. The Kier molecular flexibility index (Phi) is 5.48. The number of aromatic nitrogens is 4. The maximum Gasteiger partial charge on any atom is 0.290 e. The summed E-state index contributed by atoms with van der Waals surface area (Å²) >= 11 is 0. The van der Waals surface area contributed by atoms with E-state index < -0.39 is 0 Å². The molecule has 1 unspecified atom stereocenters. The molecule has 3 aromatic rings. The molecule has 7 heteroatoms. The fourth-order valence-corrected chi connectivity index (χ4v) is 2.40. The fourth-order valence-electron chi connectivity index (χ4n) is 2.40. The van der Waals surface area contributed by atoms with E-state index in [1.165, 1.54) is 6.33 Å². The van der Waals surface area contributed by atoms with Crippen LogP contribution in [-0.4, -0.2) is 43.9 Å². The Bertz CT molecular complexity index is 805. The number of hydrogen-bond donors (Lipinski definition) is 2. The molecule has 0 aliphatic heterocycles. The maximum atomic E-state index is 12.2. The molecule has 0 spiro atoms. The van der Waals surface area contributed by atoms with E-state index in [9.17, 15) is 9.90 Å². The van der Waals surface area contributed by atoms with E-state index in [0.717, 1.165) is 11.4 Å². The van der Waals surface area contributed by atoms with Gasteiger partial charge in [0.25, 0.3) is 5.91 Å². The van der Waals surface area contributed by atoms with Gasteiger partial charge in [0.15, 0.2) is 0 Å². The van der Waals surface area contributed by atoms with Crippen LogP contribution >= 0.6 is 0 Å². The van der Waals surface area contributed by atoms with Gasteiger partial charge >= 0.3 is 0 Å². The molecule has 0 saturated heterocycles. The van der Waals surface area contributed by atoms with Crippen molar-refractivity contribution in [3.8, 4) is 5.69 Å². The topological polar surface area (TPSA) is 92.9 Å². The number of aliphatic hydroxyl groups is 1. The first-order valence-electron chi connectivity index (χ1n) is 8.02. The van der Waals surface area contributed by atoms with Crippen LogP contribution in [0.3, 0.4) is 0 Å². The minimum absolute atomic E-state index is 0.0389. The lowest BCUT2D eigenvalue weighted by Crippen LogP contribution is -2.32.